The predicted octanol–water partition coefficient (Wildman–Crippen LogP) is 2.23. The van der Waals surface area contributed by atoms with Crippen LogP contribution in [0.4, 0.5) is 5.69 Å². The van der Waals surface area contributed by atoms with Crippen LogP contribution >= 0.6 is 0 Å². The zero-order valence-corrected chi connectivity index (χ0v) is 13.2. The third kappa shape index (κ3) is 4.37. The highest BCUT2D eigenvalue weighted by molar-refractivity contribution is 5.94. The minimum Gasteiger partial charge on any atom is -0.366 e. The van der Waals surface area contributed by atoms with E-state index in [4.69, 9.17) is 4.74 Å². The number of pyridine rings is 1. The zero-order valence-electron chi connectivity index (χ0n) is 13.2. The Bertz CT molecular complexity index is 660. The summed E-state index contributed by atoms with van der Waals surface area (Å²) in [6.07, 6.45) is 1.25. The molecule has 1 aliphatic heterocycles. The lowest BCUT2D eigenvalue weighted by molar-refractivity contribution is -0.133. The first-order valence-corrected chi connectivity index (χ1v) is 7.82. The lowest BCUT2D eigenvalue weighted by atomic mass is 10.2. The Morgan fingerprint density at radius 2 is 2.17 bits per heavy atom. The molecule has 2 heterocycles. The molecule has 0 radical (unpaired) electrons. The molecule has 1 aliphatic rings. The highest BCUT2D eigenvalue weighted by Gasteiger charge is 2.26. The van der Waals surface area contributed by atoms with E-state index in [2.05, 4.69) is 27.3 Å². The van der Waals surface area contributed by atoms with Crippen molar-refractivity contribution in [1.29, 1.82) is 0 Å². The van der Waals surface area contributed by atoms with Crippen LogP contribution in [-0.2, 0) is 16.1 Å². The van der Waals surface area contributed by atoms with Gasteiger partial charge >= 0.3 is 0 Å². The number of rotatable bonds is 4. The molecule has 23 heavy (non-hydrogen) atoms. The van der Waals surface area contributed by atoms with Crippen molar-refractivity contribution < 1.29 is 9.53 Å². The van der Waals surface area contributed by atoms with Crippen LogP contribution in [0.5, 0.6) is 0 Å². The van der Waals surface area contributed by atoms with Crippen molar-refractivity contribution in [3.8, 4) is 0 Å². The van der Waals surface area contributed by atoms with Gasteiger partial charge in [0.15, 0.2) is 0 Å². The Morgan fingerprint density at radius 1 is 1.35 bits per heavy atom. The van der Waals surface area contributed by atoms with Crippen LogP contribution in [0.3, 0.4) is 0 Å². The smallest absolute Gasteiger partial charge is 0.254 e. The van der Waals surface area contributed by atoms with Crippen molar-refractivity contribution in [2.24, 2.45) is 0 Å². The molecule has 5 nitrogen and oxygen atoms in total. The number of benzene rings is 1. The third-order valence-electron chi connectivity index (χ3n) is 3.86. The van der Waals surface area contributed by atoms with Crippen LogP contribution in [0.2, 0.25) is 0 Å². The number of nitrogens with one attached hydrogen (secondary N) is 1. The molecule has 0 aliphatic carbocycles. The summed E-state index contributed by atoms with van der Waals surface area (Å²) in [4.78, 5) is 18.8. The second kappa shape index (κ2) is 7.35. The molecule has 2 aromatic rings. The number of morpholine rings is 1. The van der Waals surface area contributed by atoms with Crippen LogP contribution in [-0.4, -0.2) is 41.6 Å². The molecule has 5 heteroatoms. The summed E-state index contributed by atoms with van der Waals surface area (Å²) in [6.45, 7) is 4.74. The van der Waals surface area contributed by atoms with Crippen LogP contribution in [0.1, 0.15) is 11.3 Å². The van der Waals surface area contributed by atoms with Crippen molar-refractivity contribution in [2.75, 3.05) is 25.0 Å². The second-order valence-corrected chi connectivity index (χ2v) is 5.76. The Labute approximate surface area is 136 Å². The number of carbonyl (C=O) groups is 1. The quantitative estimate of drug-likeness (QED) is 0.941. The number of nitrogens with zero attached hydrogens (tertiary/aromatic N) is 2. The minimum atomic E-state index is -0.444. The summed E-state index contributed by atoms with van der Waals surface area (Å²) >= 11 is 0. The molecule has 0 unspecified atom stereocenters. The monoisotopic (exact) mass is 311 g/mol. The molecule has 1 aromatic heterocycles. The van der Waals surface area contributed by atoms with Crippen molar-refractivity contribution in [1.82, 2.24) is 9.88 Å². The molecular weight excluding hydrogens is 290 g/mol. The number of aryl methyl sites for hydroxylation is 1. The molecule has 0 saturated carbocycles. The van der Waals surface area contributed by atoms with E-state index in [-0.39, 0.29) is 5.91 Å². The summed E-state index contributed by atoms with van der Waals surface area (Å²) in [5.74, 6) is -0.103. The van der Waals surface area contributed by atoms with Gasteiger partial charge in [-0.3, -0.25) is 14.7 Å². The molecule has 1 aromatic carbocycles. The van der Waals surface area contributed by atoms with Crippen LogP contribution < -0.4 is 5.32 Å². The lowest BCUT2D eigenvalue weighted by Gasteiger charge is -2.32. The fourth-order valence-corrected chi connectivity index (χ4v) is 2.69. The number of carbonyl (C=O) groups excluding carboxylic acids is 1. The van der Waals surface area contributed by atoms with E-state index in [0.29, 0.717) is 13.2 Å². The number of hydrogen-bond donors (Lipinski definition) is 1. The summed E-state index contributed by atoms with van der Waals surface area (Å²) < 4.78 is 5.64. The van der Waals surface area contributed by atoms with Crippen molar-refractivity contribution in [3.63, 3.8) is 0 Å². The number of anilines is 1. The third-order valence-corrected chi connectivity index (χ3v) is 3.86. The van der Waals surface area contributed by atoms with Gasteiger partial charge < -0.3 is 10.1 Å². The van der Waals surface area contributed by atoms with E-state index in [0.717, 1.165) is 24.5 Å². The van der Waals surface area contributed by atoms with Gasteiger partial charge in [0.25, 0.3) is 5.91 Å². The van der Waals surface area contributed by atoms with Crippen LogP contribution in [0, 0.1) is 6.92 Å². The fraction of sp³-hybridized carbons (Fsp3) is 0.333. The van der Waals surface area contributed by atoms with Crippen molar-refractivity contribution in [2.45, 2.75) is 19.6 Å². The number of hydrogen-bond acceptors (Lipinski definition) is 4. The van der Waals surface area contributed by atoms with Gasteiger partial charge in [0.2, 0.25) is 0 Å². The molecule has 1 N–H and O–H groups in total. The lowest BCUT2D eigenvalue weighted by Crippen LogP contribution is -2.47. The van der Waals surface area contributed by atoms with Gasteiger partial charge in [0.1, 0.15) is 6.10 Å². The molecule has 3 rings (SSSR count). The fourth-order valence-electron chi connectivity index (χ4n) is 2.69. The first kappa shape index (κ1) is 15.6. The molecule has 120 valence electrons. The summed E-state index contributed by atoms with van der Waals surface area (Å²) in [5.41, 5.74) is 2.88. The maximum atomic E-state index is 12.4. The van der Waals surface area contributed by atoms with Crippen LogP contribution in [0.25, 0.3) is 0 Å². The maximum absolute atomic E-state index is 12.4. The molecule has 0 spiro atoms. The van der Waals surface area contributed by atoms with Gasteiger partial charge in [-0.15, -0.1) is 0 Å². The topological polar surface area (TPSA) is 54.5 Å². The van der Waals surface area contributed by atoms with Gasteiger partial charge in [-0.1, -0.05) is 30.3 Å². The van der Waals surface area contributed by atoms with Crippen LogP contribution in [0.15, 0.2) is 48.7 Å². The Kier molecular flexibility index (Phi) is 5.00. The standard InChI is InChI=1S/C18H21N3O2/c1-14-11-16(7-8-19-14)20-18(22)17-13-21(9-10-23-17)12-15-5-3-2-4-6-15/h2-8,11,17H,9-10,12-13H2,1H3,(H,19,20,22)/t17-/m1/s1. The summed E-state index contributed by atoms with van der Waals surface area (Å²) in [6, 6.07) is 13.9. The highest BCUT2D eigenvalue weighted by atomic mass is 16.5. The Balaban J connectivity index is 1.58. The van der Waals surface area contributed by atoms with E-state index < -0.39 is 6.10 Å². The molecule has 1 saturated heterocycles. The molecule has 1 atom stereocenters. The SMILES string of the molecule is Cc1cc(NC(=O)[C@H]2CN(Cc3ccccc3)CCO2)ccn1. The zero-order chi connectivity index (χ0) is 16.1. The second-order valence-electron chi connectivity index (χ2n) is 5.76. The van der Waals surface area contributed by atoms with Gasteiger partial charge in [-0.2, -0.15) is 0 Å². The Hall–Kier alpha value is -2.24. The number of amides is 1. The summed E-state index contributed by atoms with van der Waals surface area (Å²) in [7, 11) is 0. The summed E-state index contributed by atoms with van der Waals surface area (Å²) in [5, 5.41) is 2.91. The molecule has 1 amide bonds. The average Bonchev–Trinajstić information content (AvgIpc) is 2.56. The highest BCUT2D eigenvalue weighted by Crippen LogP contribution is 2.13. The van der Waals surface area contributed by atoms with Gasteiger partial charge in [-0.25, -0.2) is 0 Å². The largest absolute Gasteiger partial charge is 0.366 e. The van der Waals surface area contributed by atoms with E-state index in [1.807, 2.05) is 31.2 Å². The van der Waals surface area contributed by atoms with Gasteiger partial charge in [0.05, 0.1) is 6.61 Å². The van der Waals surface area contributed by atoms with E-state index in [1.54, 1.807) is 12.3 Å². The molecule has 1 fully saturated rings. The average molecular weight is 311 g/mol. The van der Waals surface area contributed by atoms with Gasteiger partial charge in [0, 0.05) is 37.2 Å². The minimum absolute atomic E-state index is 0.103. The Morgan fingerprint density at radius 3 is 2.96 bits per heavy atom. The van der Waals surface area contributed by atoms with Crippen molar-refractivity contribution in [3.05, 3.63) is 59.9 Å². The first-order valence-electron chi connectivity index (χ1n) is 7.82. The normalized spacial score (nSPS) is 18.6. The predicted molar refractivity (Wildman–Crippen MR) is 89.1 cm³/mol. The van der Waals surface area contributed by atoms with E-state index in [1.165, 1.54) is 5.56 Å². The molecular formula is C18H21N3O2. The van der Waals surface area contributed by atoms with Gasteiger partial charge in [-0.05, 0) is 24.6 Å². The first-order chi connectivity index (χ1) is 11.2. The van der Waals surface area contributed by atoms with E-state index in [9.17, 15) is 4.79 Å². The number of ether oxygens (including phenoxy) is 1. The van der Waals surface area contributed by atoms with Crippen molar-refractivity contribution >= 4 is 11.6 Å². The number of aromatic nitrogens is 1. The maximum Gasteiger partial charge on any atom is 0.254 e. The molecule has 0 bridgehead atoms. The van der Waals surface area contributed by atoms with E-state index >= 15 is 0 Å².